The number of aryl methyl sites for hydroxylation is 2. The molecule has 0 atom stereocenters. The maximum atomic E-state index is 12.4. The van der Waals surface area contributed by atoms with Crippen LogP contribution < -0.4 is 10.2 Å². The Morgan fingerprint density at radius 2 is 2.14 bits per heavy atom. The van der Waals surface area contributed by atoms with Crippen LogP contribution in [-0.4, -0.2) is 32.6 Å². The van der Waals surface area contributed by atoms with Crippen LogP contribution in [0.15, 0.2) is 42.9 Å². The van der Waals surface area contributed by atoms with Crippen LogP contribution in [0.1, 0.15) is 42.5 Å². The Morgan fingerprint density at radius 1 is 1.29 bits per heavy atom. The van der Waals surface area contributed by atoms with Gasteiger partial charge in [-0.1, -0.05) is 6.07 Å². The van der Waals surface area contributed by atoms with E-state index in [2.05, 4.69) is 25.5 Å². The van der Waals surface area contributed by atoms with Gasteiger partial charge in [-0.15, -0.1) is 10.2 Å². The van der Waals surface area contributed by atoms with E-state index < -0.39 is 6.85 Å². The van der Waals surface area contributed by atoms with E-state index in [1.807, 2.05) is 24.0 Å². The lowest BCUT2D eigenvalue weighted by molar-refractivity contribution is 0.0945. The van der Waals surface area contributed by atoms with Crippen molar-refractivity contribution in [3.8, 4) is 0 Å². The molecule has 4 heterocycles. The zero-order valence-electron chi connectivity index (χ0n) is 18.5. The quantitative estimate of drug-likeness (QED) is 0.752. The van der Waals surface area contributed by atoms with Crippen molar-refractivity contribution in [3.63, 3.8) is 0 Å². The molecule has 1 N–H and O–H groups in total. The molecule has 1 aliphatic heterocycles. The van der Waals surface area contributed by atoms with Crippen molar-refractivity contribution in [2.75, 3.05) is 11.4 Å². The van der Waals surface area contributed by atoms with Crippen LogP contribution in [0, 0.1) is 13.8 Å². The number of carbonyl (C=O) groups excluding carboxylic acids is 1. The van der Waals surface area contributed by atoms with Gasteiger partial charge in [0, 0.05) is 54.5 Å². The molecule has 142 valence electrons. The maximum absolute atomic E-state index is 12.4. The molecule has 0 aromatic carbocycles. The van der Waals surface area contributed by atoms with E-state index in [9.17, 15) is 4.79 Å². The van der Waals surface area contributed by atoms with Gasteiger partial charge in [-0.2, -0.15) is 0 Å². The predicted octanol–water partition coefficient (Wildman–Crippen LogP) is 2.38. The zero-order chi connectivity index (χ0) is 22.0. The minimum Gasteiger partial charge on any atom is -0.350 e. The normalized spacial score (nSPS) is 15.2. The van der Waals surface area contributed by atoms with Crippen molar-refractivity contribution in [1.29, 1.82) is 0 Å². The predicted molar refractivity (Wildman–Crippen MR) is 106 cm³/mol. The van der Waals surface area contributed by atoms with Crippen molar-refractivity contribution >= 4 is 11.7 Å². The fourth-order valence-electron chi connectivity index (χ4n) is 3.28. The monoisotopic (exact) mass is 377 g/mol. The van der Waals surface area contributed by atoms with E-state index in [0.717, 1.165) is 22.4 Å². The Morgan fingerprint density at radius 3 is 2.93 bits per heavy atom. The van der Waals surface area contributed by atoms with Gasteiger partial charge in [-0.25, -0.2) is 0 Å². The lowest BCUT2D eigenvalue weighted by atomic mass is 10.0. The van der Waals surface area contributed by atoms with E-state index in [-0.39, 0.29) is 17.2 Å². The molecule has 1 amide bonds. The second-order valence-corrected chi connectivity index (χ2v) is 6.78. The molecule has 0 fully saturated rings. The average molecular weight is 377 g/mol. The number of rotatable bonds is 4. The first-order valence-electron chi connectivity index (χ1n) is 10.6. The highest BCUT2D eigenvalue weighted by molar-refractivity contribution is 5.92. The molecule has 0 radical (unpaired) electrons. The van der Waals surface area contributed by atoms with Gasteiger partial charge in [0.1, 0.15) is 0 Å². The van der Waals surface area contributed by atoms with Gasteiger partial charge >= 0.3 is 0 Å². The molecule has 28 heavy (non-hydrogen) atoms. The van der Waals surface area contributed by atoms with Gasteiger partial charge in [-0.3, -0.25) is 14.8 Å². The van der Waals surface area contributed by atoms with Gasteiger partial charge in [0.25, 0.3) is 5.91 Å². The SMILES string of the molecule is [2H]C([2H])([2H])c1cnc2c(c1)CN(c1nnc(C(=O)NCc3ccncc3)cc1C)CC2. The molecule has 7 heteroatoms. The average Bonchev–Trinajstić information content (AvgIpc) is 2.76. The van der Waals surface area contributed by atoms with Crippen LogP contribution in [0.5, 0.6) is 0 Å². The molecule has 0 spiro atoms. The summed E-state index contributed by atoms with van der Waals surface area (Å²) in [6, 6.07) is 7.09. The van der Waals surface area contributed by atoms with E-state index in [0.29, 0.717) is 31.9 Å². The van der Waals surface area contributed by atoms with Crippen molar-refractivity contribution in [2.45, 2.75) is 33.3 Å². The highest BCUT2D eigenvalue weighted by Gasteiger charge is 2.21. The molecule has 4 rings (SSSR count). The summed E-state index contributed by atoms with van der Waals surface area (Å²) < 4.78 is 22.8. The summed E-state index contributed by atoms with van der Waals surface area (Å²) in [5.74, 6) is 0.380. The third-order valence-corrected chi connectivity index (χ3v) is 4.73. The largest absolute Gasteiger partial charge is 0.350 e. The summed E-state index contributed by atoms with van der Waals surface area (Å²) in [7, 11) is 0. The number of hydrogen-bond acceptors (Lipinski definition) is 6. The van der Waals surface area contributed by atoms with Crippen LogP contribution in [0.3, 0.4) is 0 Å². The highest BCUT2D eigenvalue weighted by atomic mass is 16.1. The Bertz CT molecular complexity index is 1100. The Kier molecular flexibility index (Phi) is 4.05. The minimum absolute atomic E-state index is 0.233. The van der Waals surface area contributed by atoms with Gasteiger partial charge < -0.3 is 10.2 Å². The molecule has 7 nitrogen and oxygen atoms in total. The number of hydrogen-bond donors (Lipinski definition) is 1. The third-order valence-electron chi connectivity index (χ3n) is 4.73. The summed E-state index contributed by atoms with van der Waals surface area (Å²) in [5.41, 5.74) is 4.03. The number of fused-ring (bicyclic) bond motifs is 1. The minimum atomic E-state index is -2.19. The maximum Gasteiger partial charge on any atom is 0.272 e. The van der Waals surface area contributed by atoms with Crippen LogP contribution in [0.25, 0.3) is 0 Å². The summed E-state index contributed by atoms with van der Waals surface area (Å²) in [6.45, 7) is 1.26. The Labute approximate surface area is 168 Å². The smallest absolute Gasteiger partial charge is 0.272 e. The Hall–Kier alpha value is -3.35. The highest BCUT2D eigenvalue weighted by Crippen LogP contribution is 2.24. The topological polar surface area (TPSA) is 83.9 Å². The Balaban J connectivity index is 1.48. The van der Waals surface area contributed by atoms with Crippen LogP contribution in [0.2, 0.25) is 0 Å². The first kappa shape index (κ1) is 14.7. The molecule has 1 aliphatic rings. The molecule has 0 unspecified atom stereocenters. The lowest BCUT2D eigenvalue weighted by Crippen LogP contribution is -2.33. The van der Waals surface area contributed by atoms with Gasteiger partial charge in [0.15, 0.2) is 11.5 Å². The molecule has 0 saturated heterocycles. The molecule has 3 aromatic rings. The first-order valence-corrected chi connectivity index (χ1v) is 9.06. The summed E-state index contributed by atoms with van der Waals surface area (Å²) in [5, 5.41) is 11.2. The number of nitrogens with zero attached hydrogens (tertiary/aromatic N) is 5. The molecule has 0 bridgehead atoms. The molecule has 0 aliphatic carbocycles. The van der Waals surface area contributed by atoms with E-state index in [4.69, 9.17) is 4.11 Å². The third kappa shape index (κ3) is 3.83. The molecular weight excluding hydrogens is 352 g/mol. The standard InChI is InChI=1S/C21H22N6O/c1-14-9-17-13-27(8-5-18(17)23-11-14)20-15(2)10-19(25-26-20)21(28)24-12-16-3-6-22-7-4-16/h3-4,6-7,9-11H,5,8,12-13H2,1-2H3,(H,24,28)/i1D3. The fraction of sp³-hybridized carbons (Fsp3) is 0.286. The number of nitrogens with one attached hydrogen (secondary N) is 1. The number of carbonyl (C=O) groups is 1. The van der Waals surface area contributed by atoms with Crippen LogP contribution in [0.4, 0.5) is 5.82 Å². The van der Waals surface area contributed by atoms with Crippen molar-refractivity contribution in [2.24, 2.45) is 0 Å². The van der Waals surface area contributed by atoms with E-state index >= 15 is 0 Å². The van der Waals surface area contributed by atoms with E-state index in [1.165, 1.54) is 6.20 Å². The van der Waals surface area contributed by atoms with Gasteiger partial charge in [0.2, 0.25) is 0 Å². The lowest BCUT2D eigenvalue weighted by Gasteiger charge is -2.30. The first-order chi connectivity index (χ1) is 14.8. The fourth-order valence-corrected chi connectivity index (χ4v) is 3.28. The number of pyridine rings is 2. The van der Waals surface area contributed by atoms with Gasteiger partial charge in [0.05, 0.1) is 0 Å². The summed E-state index contributed by atoms with van der Waals surface area (Å²) in [4.78, 5) is 22.8. The number of aromatic nitrogens is 4. The van der Waals surface area contributed by atoms with Crippen molar-refractivity contribution in [3.05, 3.63) is 76.5 Å². The number of amides is 1. The summed E-state index contributed by atoms with van der Waals surface area (Å²) >= 11 is 0. The molecular formula is C21H22N6O. The van der Waals surface area contributed by atoms with Crippen molar-refractivity contribution < 1.29 is 8.91 Å². The van der Waals surface area contributed by atoms with Gasteiger partial charge in [-0.05, 0) is 54.2 Å². The second kappa shape index (κ2) is 7.72. The molecule has 3 aromatic heterocycles. The van der Waals surface area contributed by atoms with E-state index in [1.54, 1.807) is 24.5 Å². The zero-order valence-corrected chi connectivity index (χ0v) is 15.5. The van der Waals surface area contributed by atoms with Crippen molar-refractivity contribution in [1.82, 2.24) is 25.5 Å². The second-order valence-electron chi connectivity index (χ2n) is 6.78. The molecule has 0 saturated carbocycles. The summed E-state index contributed by atoms with van der Waals surface area (Å²) in [6.07, 6.45) is 5.47. The van der Waals surface area contributed by atoms with Crippen LogP contribution in [-0.2, 0) is 19.5 Å². The van der Waals surface area contributed by atoms with Crippen LogP contribution >= 0.6 is 0 Å². The number of anilines is 1.